The van der Waals surface area contributed by atoms with Gasteiger partial charge in [-0.3, -0.25) is 9.69 Å². The van der Waals surface area contributed by atoms with Gasteiger partial charge in [-0.05, 0) is 49.8 Å². The normalized spacial score (nSPS) is 18.2. The number of hydrogen-bond acceptors (Lipinski definition) is 2. The molecule has 1 amide bonds. The van der Waals surface area contributed by atoms with E-state index in [-0.39, 0.29) is 11.4 Å². The molecule has 1 aliphatic rings. The van der Waals surface area contributed by atoms with Crippen LogP contribution in [0.4, 0.5) is 0 Å². The van der Waals surface area contributed by atoms with E-state index in [1.54, 1.807) is 0 Å². The van der Waals surface area contributed by atoms with Crippen molar-refractivity contribution in [2.45, 2.75) is 46.1 Å². The van der Waals surface area contributed by atoms with Gasteiger partial charge in [-0.15, -0.1) is 0 Å². The van der Waals surface area contributed by atoms with Gasteiger partial charge in [0.25, 0.3) is 5.91 Å². The monoisotopic (exact) mass is 323 g/mol. The first-order valence-electron chi connectivity index (χ1n) is 5.21. The second-order valence-electron chi connectivity index (χ2n) is 4.44. The number of nitrogens with zero attached hydrogens (tertiary/aromatic N) is 1. The first-order chi connectivity index (χ1) is 6.90. The van der Waals surface area contributed by atoms with Crippen molar-refractivity contribution < 1.29 is 9.53 Å². The maximum absolute atomic E-state index is 12.0. The molecule has 3 nitrogen and oxygen atoms in total. The zero-order chi connectivity index (χ0) is 11.6. The number of carbonyl (C=O) groups is 1. The minimum absolute atomic E-state index is 0.0952. The summed E-state index contributed by atoms with van der Waals surface area (Å²) in [4.78, 5) is 13.8. The highest BCUT2D eigenvalue weighted by Gasteiger charge is 2.35. The first kappa shape index (κ1) is 12.8. The topological polar surface area (TPSA) is 29.5 Å². The van der Waals surface area contributed by atoms with Gasteiger partial charge in [-0.2, -0.15) is 0 Å². The van der Waals surface area contributed by atoms with Crippen LogP contribution in [0, 0.1) is 0 Å². The third kappa shape index (κ3) is 2.65. The van der Waals surface area contributed by atoms with Crippen molar-refractivity contribution >= 4 is 28.5 Å². The van der Waals surface area contributed by atoms with E-state index < -0.39 is 0 Å². The molecule has 0 fully saturated rings. The van der Waals surface area contributed by atoms with Gasteiger partial charge in [0.2, 0.25) is 0 Å². The standard InChI is InChI=1S/C11H18INO2/c1-5-6-11(3,4)13-7-15-8(2)9(12)10(13)14/h5-7H2,1-4H3. The highest BCUT2D eigenvalue weighted by molar-refractivity contribution is 14.1. The zero-order valence-corrected chi connectivity index (χ0v) is 11.9. The van der Waals surface area contributed by atoms with Crippen molar-refractivity contribution in [3.8, 4) is 0 Å². The Labute approximate surface area is 105 Å². The minimum atomic E-state index is -0.122. The lowest BCUT2D eigenvalue weighted by Gasteiger charge is -2.40. The van der Waals surface area contributed by atoms with Crippen molar-refractivity contribution in [3.63, 3.8) is 0 Å². The van der Waals surface area contributed by atoms with Crippen LogP contribution in [0.3, 0.4) is 0 Å². The quantitative estimate of drug-likeness (QED) is 0.747. The van der Waals surface area contributed by atoms with Crippen molar-refractivity contribution in [2.75, 3.05) is 6.73 Å². The fraction of sp³-hybridized carbons (Fsp3) is 0.727. The smallest absolute Gasteiger partial charge is 0.266 e. The molecule has 0 aromatic rings. The van der Waals surface area contributed by atoms with Crippen LogP contribution in [0.15, 0.2) is 9.34 Å². The van der Waals surface area contributed by atoms with Crippen molar-refractivity contribution in [2.24, 2.45) is 0 Å². The van der Waals surface area contributed by atoms with Gasteiger partial charge in [0, 0.05) is 5.54 Å². The molecule has 15 heavy (non-hydrogen) atoms. The Morgan fingerprint density at radius 1 is 1.53 bits per heavy atom. The molecule has 1 heterocycles. The Morgan fingerprint density at radius 3 is 2.67 bits per heavy atom. The number of halogens is 1. The lowest BCUT2D eigenvalue weighted by molar-refractivity contribution is -0.141. The molecule has 0 bridgehead atoms. The molecule has 1 aliphatic heterocycles. The largest absolute Gasteiger partial charge is 0.476 e. The van der Waals surface area contributed by atoms with E-state index in [0.717, 1.165) is 18.6 Å². The van der Waals surface area contributed by atoms with Gasteiger partial charge in [0.15, 0.2) is 6.73 Å². The molecule has 0 saturated heterocycles. The molecule has 0 N–H and O–H groups in total. The van der Waals surface area contributed by atoms with Gasteiger partial charge >= 0.3 is 0 Å². The van der Waals surface area contributed by atoms with E-state index in [0.29, 0.717) is 10.3 Å². The lowest BCUT2D eigenvalue weighted by atomic mass is 9.96. The summed E-state index contributed by atoms with van der Waals surface area (Å²) in [5.41, 5.74) is -0.122. The Kier molecular flexibility index (Phi) is 4.03. The molecule has 0 unspecified atom stereocenters. The van der Waals surface area contributed by atoms with Crippen LogP contribution in [0.25, 0.3) is 0 Å². The fourth-order valence-electron chi connectivity index (χ4n) is 1.75. The fourth-order valence-corrected chi connectivity index (χ4v) is 2.20. The van der Waals surface area contributed by atoms with Crippen molar-refractivity contribution in [1.29, 1.82) is 0 Å². The van der Waals surface area contributed by atoms with E-state index in [1.807, 2.05) is 11.8 Å². The summed E-state index contributed by atoms with van der Waals surface area (Å²) in [6, 6.07) is 0. The Morgan fingerprint density at radius 2 is 2.13 bits per heavy atom. The molecule has 86 valence electrons. The highest BCUT2D eigenvalue weighted by atomic mass is 127. The minimum Gasteiger partial charge on any atom is -0.476 e. The highest BCUT2D eigenvalue weighted by Crippen LogP contribution is 2.29. The van der Waals surface area contributed by atoms with Crippen LogP contribution >= 0.6 is 22.6 Å². The van der Waals surface area contributed by atoms with Gasteiger partial charge in [0.05, 0.1) is 0 Å². The van der Waals surface area contributed by atoms with Crippen LogP contribution in [0.2, 0.25) is 0 Å². The summed E-state index contributed by atoms with van der Waals surface area (Å²) in [5.74, 6) is 0.835. The van der Waals surface area contributed by atoms with Crippen LogP contribution in [-0.4, -0.2) is 23.1 Å². The summed E-state index contributed by atoms with van der Waals surface area (Å²) < 4.78 is 6.18. The predicted molar refractivity (Wildman–Crippen MR) is 68.5 cm³/mol. The van der Waals surface area contributed by atoms with Gasteiger partial charge in [-0.1, -0.05) is 13.3 Å². The molecule has 0 aliphatic carbocycles. The number of hydrogen-bond donors (Lipinski definition) is 0. The molecule has 0 atom stereocenters. The first-order valence-corrected chi connectivity index (χ1v) is 6.29. The summed E-state index contributed by atoms with van der Waals surface area (Å²) in [7, 11) is 0. The van der Waals surface area contributed by atoms with Crippen molar-refractivity contribution in [1.82, 2.24) is 4.90 Å². The Bertz CT molecular complexity index is 297. The third-order valence-electron chi connectivity index (χ3n) is 2.74. The van der Waals surface area contributed by atoms with Crippen LogP contribution in [-0.2, 0) is 9.53 Å². The average Bonchev–Trinajstić information content (AvgIpc) is 2.13. The molecular weight excluding hydrogens is 305 g/mol. The summed E-state index contributed by atoms with van der Waals surface area (Å²) in [6.45, 7) is 8.52. The van der Waals surface area contributed by atoms with Gasteiger partial charge in [0.1, 0.15) is 9.34 Å². The molecule has 4 heteroatoms. The number of carbonyl (C=O) groups excluding carboxylic acids is 1. The molecule has 0 spiro atoms. The molecule has 0 aromatic carbocycles. The SMILES string of the molecule is CCCC(C)(C)N1COC(C)=C(I)C1=O. The maximum Gasteiger partial charge on any atom is 0.266 e. The molecule has 0 radical (unpaired) electrons. The molecule has 0 saturated carbocycles. The summed E-state index contributed by atoms with van der Waals surface area (Å²) in [6.07, 6.45) is 2.06. The van der Waals surface area contributed by atoms with E-state index in [9.17, 15) is 4.79 Å². The molecule has 0 aromatic heterocycles. The number of allylic oxidation sites excluding steroid dienone is 1. The van der Waals surface area contributed by atoms with E-state index >= 15 is 0 Å². The van der Waals surface area contributed by atoms with E-state index in [1.165, 1.54) is 0 Å². The van der Waals surface area contributed by atoms with Crippen molar-refractivity contribution in [3.05, 3.63) is 9.34 Å². The maximum atomic E-state index is 12.0. The zero-order valence-electron chi connectivity index (χ0n) is 9.76. The number of amides is 1. The van der Waals surface area contributed by atoms with Gasteiger partial charge in [-0.25, -0.2) is 0 Å². The Balaban J connectivity index is 2.87. The van der Waals surface area contributed by atoms with Crippen LogP contribution < -0.4 is 0 Å². The van der Waals surface area contributed by atoms with E-state index in [4.69, 9.17) is 4.74 Å². The molecular formula is C11H18INO2. The number of ether oxygens (including phenoxy) is 1. The predicted octanol–water partition coefficient (Wildman–Crippen LogP) is 3.05. The average molecular weight is 323 g/mol. The van der Waals surface area contributed by atoms with E-state index in [2.05, 4.69) is 43.4 Å². The Hall–Kier alpha value is -0.260. The van der Waals surface area contributed by atoms with Crippen LogP contribution in [0.1, 0.15) is 40.5 Å². The third-order valence-corrected chi connectivity index (χ3v) is 3.97. The van der Waals surface area contributed by atoms with Gasteiger partial charge < -0.3 is 4.74 Å². The number of rotatable bonds is 3. The summed E-state index contributed by atoms with van der Waals surface area (Å²) >= 11 is 2.06. The lowest BCUT2D eigenvalue weighted by Crippen LogP contribution is -2.50. The second kappa shape index (κ2) is 4.72. The second-order valence-corrected chi connectivity index (χ2v) is 5.52. The molecule has 1 rings (SSSR count). The van der Waals surface area contributed by atoms with Crippen LogP contribution in [0.5, 0.6) is 0 Å². The summed E-state index contributed by atoms with van der Waals surface area (Å²) in [5, 5.41) is 0.